The average Bonchev–Trinajstić information content (AvgIpc) is 3.40. The van der Waals surface area contributed by atoms with Gasteiger partial charge in [0.1, 0.15) is 0 Å². The molecule has 0 saturated heterocycles. The molecule has 2 aliphatic rings. The van der Waals surface area contributed by atoms with E-state index in [4.69, 9.17) is 4.74 Å². The molecule has 40 heavy (non-hydrogen) atoms. The summed E-state index contributed by atoms with van der Waals surface area (Å²) < 4.78 is 38.0. The monoisotopic (exact) mass is 559 g/mol. The van der Waals surface area contributed by atoms with Crippen LogP contribution in [0.15, 0.2) is 65.8 Å². The van der Waals surface area contributed by atoms with E-state index in [0.29, 0.717) is 17.0 Å². The molecule has 2 aromatic carbocycles. The largest absolute Gasteiger partial charge is 0.465 e. The van der Waals surface area contributed by atoms with Gasteiger partial charge in [0.2, 0.25) is 10.0 Å². The molecule has 0 radical (unpaired) electrons. The van der Waals surface area contributed by atoms with Crippen molar-refractivity contribution in [1.82, 2.24) is 23.9 Å². The van der Waals surface area contributed by atoms with Gasteiger partial charge in [0.15, 0.2) is 0 Å². The Morgan fingerprint density at radius 3 is 2.70 bits per heavy atom. The number of sulfonamides is 1. The molecular weight excluding hydrogens is 526 g/mol. The summed E-state index contributed by atoms with van der Waals surface area (Å²) in [5, 5.41) is 8.36. The Morgan fingerprint density at radius 1 is 1.12 bits per heavy atom. The number of aromatic nitrogens is 4. The van der Waals surface area contributed by atoms with Gasteiger partial charge in [-0.1, -0.05) is 36.4 Å². The third-order valence-corrected chi connectivity index (χ3v) is 9.84. The molecule has 6 rings (SSSR count). The number of carbonyl (C=O) groups excluding carboxylic acids is 1. The van der Waals surface area contributed by atoms with Crippen molar-refractivity contribution in [2.24, 2.45) is 13.0 Å². The van der Waals surface area contributed by atoms with Crippen LogP contribution in [0.4, 0.5) is 0 Å². The third kappa shape index (κ3) is 4.75. The molecule has 0 bridgehead atoms. The Morgan fingerprint density at radius 2 is 1.95 bits per heavy atom. The predicted molar refractivity (Wildman–Crippen MR) is 150 cm³/mol. The molecule has 1 saturated carbocycles. The minimum absolute atomic E-state index is 0.0935. The highest BCUT2D eigenvalue weighted by atomic mass is 32.2. The zero-order chi connectivity index (χ0) is 28.2. The van der Waals surface area contributed by atoms with E-state index >= 15 is 0 Å². The minimum atomic E-state index is -3.66. The second-order valence-corrected chi connectivity index (χ2v) is 13.0. The van der Waals surface area contributed by atoms with Crippen LogP contribution < -0.4 is 0 Å². The number of nitrogens with zero attached hydrogens (tertiary/aromatic N) is 5. The summed E-state index contributed by atoms with van der Waals surface area (Å²) in [6.07, 6.45) is 5.38. The van der Waals surface area contributed by atoms with Gasteiger partial charge in [-0.25, -0.2) is 13.2 Å². The van der Waals surface area contributed by atoms with Gasteiger partial charge in [0.25, 0.3) is 0 Å². The van der Waals surface area contributed by atoms with Gasteiger partial charge in [-0.2, -0.15) is 4.31 Å². The molecule has 0 amide bonds. The Hall–Kier alpha value is -3.76. The number of carbonyl (C=O) groups is 1. The maximum absolute atomic E-state index is 13.8. The molecule has 10 heteroatoms. The second-order valence-electron chi connectivity index (χ2n) is 11.1. The number of esters is 1. The molecule has 9 nitrogen and oxygen atoms in total. The summed E-state index contributed by atoms with van der Waals surface area (Å²) >= 11 is 0. The van der Waals surface area contributed by atoms with Gasteiger partial charge in [0, 0.05) is 55.7 Å². The molecule has 4 aromatic rings. The summed E-state index contributed by atoms with van der Waals surface area (Å²) in [4.78, 5) is 13.1. The average molecular weight is 560 g/mol. The van der Waals surface area contributed by atoms with Crippen molar-refractivity contribution in [2.75, 3.05) is 13.7 Å². The first kappa shape index (κ1) is 26.5. The smallest absolute Gasteiger partial charge is 0.339 e. The van der Waals surface area contributed by atoms with Gasteiger partial charge in [-0.3, -0.25) is 4.68 Å². The predicted octanol–water partition coefficient (Wildman–Crippen LogP) is 4.36. The molecule has 1 aliphatic heterocycles. The van der Waals surface area contributed by atoms with E-state index in [1.54, 1.807) is 21.1 Å². The Kier molecular flexibility index (Phi) is 6.62. The summed E-state index contributed by atoms with van der Waals surface area (Å²) in [6.45, 7) is 4.73. The molecular formula is C30H33N5O4S. The molecule has 0 N–H and O–H groups in total. The van der Waals surface area contributed by atoms with Gasteiger partial charge in [-0.15, -0.1) is 5.10 Å². The van der Waals surface area contributed by atoms with E-state index in [1.165, 1.54) is 7.11 Å². The van der Waals surface area contributed by atoms with Crippen LogP contribution in [0.25, 0.3) is 5.69 Å². The lowest BCUT2D eigenvalue weighted by Gasteiger charge is -2.23. The van der Waals surface area contributed by atoms with Crippen LogP contribution in [-0.2, 0) is 34.8 Å². The summed E-state index contributed by atoms with van der Waals surface area (Å²) in [5.41, 5.74) is 5.86. The number of benzene rings is 2. The quantitative estimate of drug-likeness (QED) is 0.326. The maximum Gasteiger partial charge on any atom is 0.339 e. The van der Waals surface area contributed by atoms with Gasteiger partial charge < -0.3 is 9.30 Å². The number of fused-ring (bicyclic) bond motifs is 1. The van der Waals surface area contributed by atoms with E-state index < -0.39 is 10.0 Å². The fourth-order valence-corrected chi connectivity index (χ4v) is 7.81. The third-order valence-electron chi connectivity index (χ3n) is 7.94. The van der Waals surface area contributed by atoms with Gasteiger partial charge >= 0.3 is 5.97 Å². The first-order chi connectivity index (χ1) is 19.2. The minimum Gasteiger partial charge on any atom is -0.465 e. The number of rotatable bonds is 6. The van der Waals surface area contributed by atoms with Crippen molar-refractivity contribution in [3.63, 3.8) is 0 Å². The molecule has 0 unspecified atom stereocenters. The standard InChI is InChI=1S/C30H33N5O4S/c1-19-8-9-22-12-20(2)16-34(40(37,38)28(22)13-19)17-21-6-5-7-23(14-21)35-11-10-24(30(36)39-4)29(35)26-15-25(26)27-18-33(3)32-31-27/h5-11,13-14,18,20,25-26H,12,15-17H2,1-4H3/t20-,25+,26+/m0/s1. The lowest BCUT2D eigenvalue weighted by atomic mass is 10.00. The molecule has 3 atom stereocenters. The van der Waals surface area contributed by atoms with Crippen LogP contribution in [0.3, 0.4) is 0 Å². The summed E-state index contributed by atoms with van der Waals surface area (Å²) in [6, 6.07) is 15.4. The lowest BCUT2D eigenvalue weighted by molar-refractivity contribution is 0.0599. The van der Waals surface area contributed by atoms with Crippen molar-refractivity contribution >= 4 is 16.0 Å². The van der Waals surface area contributed by atoms with Crippen LogP contribution in [-0.4, -0.2) is 51.9 Å². The molecule has 2 aromatic heterocycles. The Labute approximate surface area is 234 Å². The van der Waals surface area contributed by atoms with Crippen molar-refractivity contribution in [1.29, 1.82) is 0 Å². The molecule has 1 fully saturated rings. The van der Waals surface area contributed by atoms with Crippen molar-refractivity contribution < 1.29 is 17.9 Å². The van der Waals surface area contributed by atoms with Gasteiger partial charge in [0.05, 0.1) is 23.3 Å². The number of hydrogen-bond acceptors (Lipinski definition) is 6. The first-order valence-corrected chi connectivity index (χ1v) is 14.9. The van der Waals surface area contributed by atoms with Crippen LogP contribution in [0.1, 0.15) is 63.6 Å². The van der Waals surface area contributed by atoms with E-state index in [9.17, 15) is 13.2 Å². The summed E-state index contributed by atoms with van der Waals surface area (Å²) in [7, 11) is -0.429. The molecule has 208 valence electrons. The summed E-state index contributed by atoms with van der Waals surface area (Å²) in [5.74, 6) is 0.0685. The van der Waals surface area contributed by atoms with Gasteiger partial charge in [-0.05, 0) is 66.6 Å². The Bertz CT molecular complexity index is 1710. The number of methoxy groups -OCH3 is 1. The fraction of sp³-hybridized carbons (Fsp3) is 0.367. The maximum atomic E-state index is 13.8. The molecule has 0 spiro atoms. The highest BCUT2D eigenvalue weighted by Gasteiger charge is 2.45. The van der Waals surface area contributed by atoms with E-state index in [0.717, 1.165) is 46.6 Å². The van der Waals surface area contributed by atoms with E-state index in [2.05, 4.69) is 17.2 Å². The van der Waals surface area contributed by atoms with Crippen molar-refractivity contribution in [2.45, 2.75) is 50.0 Å². The number of ether oxygens (including phenoxy) is 1. The topological polar surface area (TPSA) is 99.3 Å². The number of hydrogen-bond donors (Lipinski definition) is 0. The molecule has 1 aliphatic carbocycles. The SMILES string of the molecule is COC(=O)c1ccn(-c2cccc(CN3C[C@@H](C)Cc4ccc(C)cc4S3(=O)=O)c2)c1[C@@H]1C[C@H]1c1cn(C)nn1. The number of aryl methyl sites for hydroxylation is 2. The van der Waals surface area contributed by atoms with Crippen molar-refractivity contribution in [3.05, 3.63) is 94.6 Å². The van der Waals surface area contributed by atoms with Crippen LogP contribution in [0.2, 0.25) is 0 Å². The highest BCUT2D eigenvalue weighted by molar-refractivity contribution is 7.89. The zero-order valence-electron chi connectivity index (χ0n) is 23.1. The molecule has 3 heterocycles. The second kappa shape index (κ2) is 10.0. The van der Waals surface area contributed by atoms with E-state index in [-0.39, 0.29) is 30.3 Å². The van der Waals surface area contributed by atoms with Crippen LogP contribution in [0.5, 0.6) is 0 Å². The zero-order valence-corrected chi connectivity index (χ0v) is 23.9. The highest BCUT2D eigenvalue weighted by Crippen LogP contribution is 2.55. The van der Waals surface area contributed by atoms with Crippen molar-refractivity contribution in [3.8, 4) is 5.69 Å². The van der Waals surface area contributed by atoms with Crippen LogP contribution in [0, 0.1) is 12.8 Å². The normalized spacial score (nSPS) is 21.9. The van der Waals surface area contributed by atoms with Crippen LogP contribution >= 0.6 is 0 Å². The van der Waals surface area contributed by atoms with E-state index in [1.807, 2.05) is 67.3 Å². The first-order valence-electron chi connectivity index (χ1n) is 13.5. The Balaban J connectivity index is 1.34. The lowest BCUT2D eigenvalue weighted by Crippen LogP contribution is -2.32. The fourth-order valence-electron chi connectivity index (χ4n) is 5.94.